The molecule has 0 bridgehead atoms. The van der Waals surface area contributed by atoms with E-state index >= 15 is 0 Å². The predicted molar refractivity (Wildman–Crippen MR) is 108 cm³/mol. The molecule has 0 atom stereocenters. The van der Waals surface area contributed by atoms with E-state index in [1.54, 1.807) is 17.0 Å². The minimum absolute atomic E-state index is 0.168. The van der Waals surface area contributed by atoms with E-state index < -0.39 is 10.2 Å². The molecule has 0 unspecified atom stereocenters. The van der Waals surface area contributed by atoms with Gasteiger partial charge in [-0.2, -0.15) is 22.1 Å². The number of hydrogen-bond donors (Lipinski definition) is 1. The summed E-state index contributed by atoms with van der Waals surface area (Å²) in [6.45, 7) is 5.72. The number of amides is 1. The van der Waals surface area contributed by atoms with Gasteiger partial charge >= 0.3 is 0 Å². The van der Waals surface area contributed by atoms with Gasteiger partial charge in [0.1, 0.15) is 0 Å². The number of nitrogens with zero attached hydrogens (tertiary/aromatic N) is 4. The van der Waals surface area contributed by atoms with Crippen LogP contribution in [0, 0.1) is 0 Å². The molecule has 0 saturated carbocycles. The normalized spacial score (nSPS) is 15.9. The van der Waals surface area contributed by atoms with Crippen LogP contribution in [0.25, 0.3) is 11.3 Å². The van der Waals surface area contributed by atoms with Crippen molar-refractivity contribution >= 4 is 27.7 Å². The first-order chi connectivity index (χ1) is 13.4. The van der Waals surface area contributed by atoms with Crippen molar-refractivity contribution in [2.75, 3.05) is 39.3 Å². The van der Waals surface area contributed by atoms with Crippen LogP contribution in [0.5, 0.6) is 0 Å². The lowest BCUT2D eigenvalue weighted by molar-refractivity contribution is 0.0695. The topological polar surface area (TPSA) is 89.6 Å². The number of piperazine rings is 1. The first-order valence-electron chi connectivity index (χ1n) is 9.22. The van der Waals surface area contributed by atoms with Crippen LogP contribution in [0.2, 0.25) is 5.02 Å². The Labute approximate surface area is 170 Å². The highest BCUT2D eigenvalue weighted by atomic mass is 35.5. The third-order valence-corrected chi connectivity index (χ3v) is 7.33. The van der Waals surface area contributed by atoms with Crippen molar-refractivity contribution in [3.63, 3.8) is 0 Å². The Morgan fingerprint density at radius 3 is 2.32 bits per heavy atom. The smallest absolute Gasteiger partial charge is 0.282 e. The Bertz CT molecular complexity index is 917. The van der Waals surface area contributed by atoms with Crippen LogP contribution in [0.4, 0.5) is 0 Å². The van der Waals surface area contributed by atoms with Crippen LogP contribution >= 0.6 is 11.6 Å². The van der Waals surface area contributed by atoms with Crippen LogP contribution in [-0.2, 0) is 10.2 Å². The van der Waals surface area contributed by atoms with E-state index in [0.717, 1.165) is 5.56 Å². The summed E-state index contributed by atoms with van der Waals surface area (Å²) in [7, 11) is -3.48. The maximum Gasteiger partial charge on any atom is 0.282 e. The molecule has 152 valence electrons. The second-order valence-electron chi connectivity index (χ2n) is 6.45. The van der Waals surface area contributed by atoms with E-state index in [2.05, 4.69) is 10.2 Å². The van der Waals surface area contributed by atoms with Crippen molar-refractivity contribution in [1.29, 1.82) is 0 Å². The molecular weight excluding hydrogens is 402 g/mol. The molecule has 0 spiro atoms. The minimum atomic E-state index is -3.48. The lowest BCUT2D eigenvalue weighted by Gasteiger charge is -2.36. The Hall–Kier alpha value is -1.94. The summed E-state index contributed by atoms with van der Waals surface area (Å²) in [5.41, 5.74) is 1.90. The molecule has 3 rings (SSSR count). The molecule has 1 N–H and O–H groups in total. The average Bonchev–Trinajstić information content (AvgIpc) is 3.18. The third kappa shape index (κ3) is 4.07. The van der Waals surface area contributed by atoms with Gasteiger partial charge in [0.2, 0.25) is 0 Å². The summed E-state index contributed by atoms with van der Waals surface area (Å²) < 4.78 is 28.2. The molecule has 1 amide bonds. The second kappa shape index (κ2) is 8.60. The molecule has 1 aromatic carbocycles. The standard InChI is InChI=1S/C18H24ClN5O3S/c1-3-23(4-2)28(26,27)24-11-9-22(10-12-24)18(25)16-13-20-21-17(16)14-5-7-15(19)8-6-14/h5-8,13H,3-4,9-12H2,1-2H3,(H,20,21). The zero-order valence-electron chi connectivity index (χ0n) is 15.9. The molecule has 1 aromatic heterocycles. The van der Waals surface area contributed by atoms with Gasteiger partial charge in [-0.1, -0.05) is 37.6 Å². The van der Waals surface area contributed by atoms with Crippen molar-refractivity contribution in [3.8, 4) is 11.3 Å². The molecule has 28 heavy (non-hydrogen) atoms. The number of benzene rings is 1. The Balaban J connectivity index is 1.72. The highest BCUT2D eigenvalue weighted by Gasteiger charge is 2.33. The molecule has 0 radical (unpaired) electrons. The summed E-state index contributed by atoms with van der Waals surface area (Å²) in [4.78, 5) is 14.7. The highest BCUT2D eigenvalue weighted by Crippen LogP contribution is 2.24. The molecule has 1 saturated heterocycles. The van der Waals surface area contributed by atoms with Gasteiger partial charge in [0.25, 0.3) is 16.1 Å². The molecule has 10 heteroatoms. The number of H-pyrrole nitrogens is 1. The zero-order valence-corrected chi connectivity index (χ0v) is 17.5. The van der Waals surface area contributed by atoms with Crippen molar-refractivity contribution in [2.45, 2.75) is 13.8 Å². The number of aromatic nitrogens is 2. The Morgan fingerprint density at radius 2 is 1.75 bits per heavy atom. The fourth-order valence-electron chi connectivity index (χ4n) is 3.29. The Morgan fingerprint density at radius 1 is 1.14 bits per heavy atom. The maximum atomic E-state index is 13.0. The summed E-state index contributed by atoms with van der Waals surface area (Å²) in [6, 6.07) is 7.15. The first kappa shape index (κ1) is 20.8. The van der Waals surface area contributed by atoms with E-state index in [-0.39, 0.29) is 19.0 Å². The van der Waals surface area contributed by atoms with E-state index in [1.807, 2.05) is 26.0 Å². The van der Waals surface area contributed by atoms with Crippen LogP contribution in [-0.4, -0.2) is 77.3 Å². The van der Waals surface area contributed by atoms with Gasteiger partial charge in [0.15, 0.2) is 0 Å². The second-order valence-corrected chi connectivity index (χ2v) is 8.81. The average molecular weight is 426 g/mol. The Kier molecular flexibility index (Phi) is 6.39. The molecule has 8 nitrogen and oxygen atoms in total. The summed E-state index contributed by atoms with van der Waals surface area (Å²) >= 11 is 5.93. The lowest BCUT2D eigenvalue weighted by atomic mass is 10.1. The van der Waals surface area contributed by atoms with Crippen molar-refractivity contribution in [2.24, 2.45) is 0 Å². The van der Waals surface area contributed by atoms with Crippen molar-refractivity contribution in [1.82, 2.24) is 23.7 Å². The summed E-state index contributed by atoms with van der Waals surface area (Å²) in [6.07, 6.45) is 1.51. The highest BCUT2D eigenvalue weighted by molar-refractivity contribution is 7.86. The van der Waals surface area contributed by atoms with Crippen LogP contribution in [0.15, 0.2) is 30.5 Å². The number of carbonyl (C=O) groups is 1. The molecule has 2 heterocycles. The summed E-state index contributed by atoms with van der Waals surface area (Å²) in [5.74, 6) is -0.168. The number of carbonyl (C=O) groups excluding carboxylic acids is 1. The molecule has 0 aliphatic carbocycles. The van der Waals surface area contributed by atoms with Gasteiger partial charge in [-0.3, -0.25) is 9.89 Å². The number of rotatable bonds is 6. The molecule has 1 aliphatic heterocycles. The molecule has 2 aromatic rings. The van der Waals surface area contributed by atoms with Crippen molar-refractivity contribution in [3.05, 3.63) is 41.0 Å². The minimum Gasteiger partial charge on any atom is -0.336 e. The number of halogens is 1. The predicted octanol–water partition coefficient (Wildman–Crippen LogP) is 2.07. The van der Waals surface area contributed by atoms with Crippen LogP contribution in [0.1, 0.15) is 24.2 Å². The maximum absolute atomic E-state index is 13.0. The van der Waals surface area contributed by atoms with Crippen molar-refractivity contribution < 1.29 is 13.2 Å². The van der Waals surface area contributed by atoms with E-state index in [9.17, 15) is 13.2 Å². The van der Waals surface area contributed by atoms with E-state index in [0.29, 0.717) is 42.5 Å². The summed E-state index contributed by atoms with van der Waals surface area (Å²) in [5, 5.41) is 7.50. The third-order valence-electron chi connectivity index (χ3n) is 4.89. The van der Waals surface area contributed by atoms with Gasteiger partial charge in [0.05, 0.1) is 17.5 Å². The fourth-order valence-corrected chi connectivity index (χ4v) is 5.02. The van der Waals surface area contributed by atoms with E-state index in [4.69, 9.17) is 11.6 Å². The first-order valence-corrected chi connectivity index (χ1v) is 11.0. The molecular formula is C18H24ClN5O3S. The molecule has 1 aliphatic rings. The van der Waals surface area contributed by atoms with Crippen LogP contribution < -0.4 is 0 Å². The lowest BCUT2D eigenvalue weighted by Crippen LogP contribution is -2.54. The van der Waals surface area contributed by atoms with Crippen LogP contribution in [0.3, 0.4) is 0 Å². The SMILES string of the molecule is CCN(CC)S(=O)(=O)N1CCN(C(=O)c2cn[nH]c2-c2ccc(Cl)cc2)CC1. The molecule has 1 fully saturated rings. The zero-order chi connectivity index (χ0) is 20.3. The monoisotopic (exact) mass is 425 g/mol. The fraction of sp³-hybridized carbons (Fsp3) is 0.444. The van der Waals surface area contributed by atoms with Gasteiger partial charge in [-0.05, 0) is 12.1 Å². The van der Waals surface area contributed by atoms with E-state index in [1.165, 1.54) is 14.8 Å². The van der Waals surface area contributed by atoms with Gasteiger partial charge in [0, 0.05) is 49.9 Å². The number of nitrogens with one attached hydrogen (secondary N) is 1. The number of hydrogen-bond acceptors (Lipinski definition) is 4. The number of aromatic amines is 1. The van der Waals surface area contributed by atoms with Gasteiger partial charge < -0.3 is 4.90 Å². The van der Waals surface area contributed by atoms with Gasteiger partial charge in [-0.15, -0.1) is 0 Å². The quantitative estimate of drug-likeness (QED) is 0.767. The largest absolute Gasteiger partial charge is 0.336 e. The van der Waals surface area contributed by atoms with Gasteiger partial charge in [-0.25, -0.2) is 0 Å².